The summed E-state index contributed by atoms with van der Waals surface area (Å²) in [7, 11) is -0.359. The van der Waals surface area contributed by atoms with Gasteiger partial charge in [0, 0.05) is 13.6 Å². The van der Waals surface area contributed by atoms with Gasteiger partial charge in [-0.25, -0.2) is 17.5 Å². The lowest BCUT2D eigenvalue weighted by Crippen LogP contribution is -2.29. The Bertz CT molecular complexity index is 584. The topological polar surface area (TPSA) is 86.7 Å². The largest absolute Gasteiger partial charge is 0.478 e. The molecule has 1 rings (SSSR count). The molecule has 1 aromatic carbocycles. The molecule has 0 amide bonds. The summed E-state index contributed by atoms with van der Waals surface area (Å²) < 4.78 is 25.9. The number of carboxylic acids is 1. The average molecular weight is 300 g/mol. The summed E-state index contributed by atoms with van der Waals surface area (Å²) in [5.74, 6) is -1.13. The third-order valence-electron chi connectivity index (χ3n) is 3.05. The van der Waals surface area contributed by atoms with Crippen LogP contribution in [0, 0.1) is 6.92 Å². The first-order chi connectivity index (χ1) is 9.30. The number of hydrogen-bond acceptors (Lipinski definition) is 4. The van der Waals surface area contributed by atoms with Crippen molar-refractivity contribution in [2.45, 2.75) is 18.2 Å². The van der Waals surface area contributed by atoms with E-state index >= 15 is 0 Å². The summed E-state index contributed by atoms with van der Waals surface area (Å²) in [5, 5.41) is 12.0. The van der Waals surface area contributed by atoms with Crippen LogP contribution < -0.4 is 5.32 Å². The van der Waals surface area contributed by atoms with Crippen molar-refractivity contribution < 1.29 is 18.3 Å². The van der Waals surface area contributed by atoms with Gasteiger partial charge in [0.1, 0.15) is 0 Å². The molecule has 7 heteroatoms. The number of aryl methyl sites for hydroxylation is 1. The van der Waals surface area contributed by atoms with E-state index in [1.807, 2.05) is 0 Å². The fraction of sp³-hybridized carbons (Fsp3) is 0.462. The number of sulfonamides is 1. The fourth-order valence-electron chi connectivity index (χ4n) is 1.77. The number of benzene rings is 1. The predicted octanol–water partition coefficient (Wildman–Crippen LogP) is 0.923. The van der Waals surface area contributed by atoms with Gasteiger partial charge in [-0.3, -0.25) is 0 Å². The van der Waals surface area contributed by atoms with E-state index in [1.54, 1.807) is 14.0 Å². The molecule has 0 bridgehead atoms. The molecular formula is C13H20N2O4S. The molecule has 6 nitrogen and oxygen atoms in total. The van der Waals surface area contributed by atoms with Crippen LogP contribution >= 0.6 is 0 Å². The van der Waals surface area contributed by atoms with Crippen LogP contribution in [0.15, 0.2) is 23.1 Å². The van der Waals surface area contributed by atoms with Crippen molar-refractivity contribution in [3.8, 4) is 0 Å². The molecule has 0 saturated heterocycles. The molecular weight excluding hydrogens is 280 g/mol. The number of aromatic carboxylic acids is 1. The van der Waals surface area contributed by atoms with E-state index in [1.165, 1.54) is 29.6 Å². The van der Waals surface area contributed by atoms with Gasteiger partial charge in [-0.15, -0.1) is 0 Å². The van der Waals surface area contributed by atoms with Gasteiger partial charge < -0.3 is 10.4 Å². The second-order valence-corrected chi connectivity index (χ2v) is 6.61. The average Bonchev–Trinajstić information content (AvgIpc) is 2.38. The molecule has 112 valence electrons. The van der Waals surface area contributed by atoms with Crippen molar-refractivity contribution in [2.24, 2.45) is 0 Å². The summed E-state index contributed by atoms with van der Waals surface area (Å²) >= 11 is 0. The molecule has 0 aliphatic carbocycles. The smallest absolute Gasteiger partial charge is 0.335 e. The van der Waals surface area contributed by atoms with Gasteiger partial charge in [-0.2, -0.15) is 0 Å². The normalized spacial score (nSPS) is 11.8. The lowest BCUT2D eigenvalue weighted by Gasteiger charge is -2.17. The molecule has 20 heavy (non-hydrogen) atoms. The van der Waals surface area contributed by atoms with E-state index in [-0.39, 0.29) is 10.5 Å². The number of rotatable bonds is 7. The Hall–Kier alpha value is -1.44. The number of hydrogen-bond donors (Lipinski definition) is 2. The fourth-order valence-corrected chi connectivity index (χ4v) is 3.01. The van der Waals surface area contributed by atoms with Gasteiger partial charge >= 0.3 is 5.97 Å². The van der Waals surface area contributed by atoms with E-state index in [0.717, 1.165) is 0 Å². The third-order valence-corrected chi connectivity index (χ3v) is 4.90. The number of nitrogens with zero attached hydrogens (tertiary/aromatic N) is 1. The van der Waals surface area contributed by atoms with Crippen molar-refractivity contribution in [3.05, 3.63) is 29.3 Å². The zero-order chi connectivity index (χ0) is 15.3. The Morgan fingerprint density at radius 2 is 2.05 bits per heavy atom. The van der Waals surface area contributed by atoms with Crippen LogP contribution in [0.25, 0.3) is 0 Å². The molecule has 1 aromatic rings. The molecule has 0 aliphatic heterocycles. The predicted molar refractivity (Wildman–Crippen MR) is 76.5 cm³/mol. The van der Waals surface area contributed by atoms with Gasteiger partial charge in [0.2, 0.25) is 10.0 Å². The Balaban J connectivity index is 3.03. The summed E-state index contributed by atoms with van der Waals surface area (Å²) in [6, 6.07) is 4.16. The number of carbonyl (C=O) groups is 1. The summed E-state index contributed by atoms with van der Waals surface area (Å²) in [4.78, 5) is 11.1. The highest BCUT2D eigenvalue weighted by Crippen LogP contribution is 2.19. The van der Waals surface area contributed by atoms with Gasteiger partial charge in [-0.05, 0) is 44.6 Å². The monoisotopic (exact) mass is 300 g/mol. The second-order valence-electron chi connectivity index (χ2n) is 4.57. The number of carboxylic acid groups (broad SMARTS) is 1. The first-order valence-electron chi connectivity index (χ1n) is 6.25. The van der Waals surface area contributed by atoms with Crippen LogP contribution in [0.2, 0.25) is 0 Å². The van der Waals surface area contributed by atoms with Crippen molar-refractivity contribution in [1.29, 1.82) is 0 Å². The Labute approximate surface area is 119 Å². The summed E-state index contributed by atoms with van der Waals surface area (Å²) in [6.45, 7) is 2.73. The van der Waals surface area contributed by atoms with Crippen molar-refractivity contribution in [3.63, 3.8) is 0 Å². The third kappa shape index (κ3) is 3.78. The van der Waals surface area contributed by atoms with Gasteiger partial charge in [-0.1, -0.05) is 6.07 Å². The van der Waals surface area contributed by atoms with Crippen molar-refractivity contribution in [1.82, 2.24) is 9.62 Å². The van der Waals surface area contributed by atoms with E-state index in [4.69, 9.17) is 5.11 Å². The van der Waals surface area contributed by atoms with Gasteiger partial charge in [0.05, 0.1) is 10.5 Å². The van der Waals surface area contributed by atoms with E-state index in [0.29, 0.717) is 25.1 Å². The molecule has 0 unspecified atom stereocenters. The lowest BCUT2D eigenvalue weighted by molar-refractivity contribution is 0.0696. The number of nitrogens with one attached hydrogen (secondary N) is 1. The molecule has 0 aliphatic rings. The van der Waals surface area contributed by atoms with Crippen LogP contribution in [-0.4, -0.2) is 51.0 Å². The zero-order valence-corrected chi connectivity index (χ0v) is 12.7. The molecule has 0 fully saturated rings. The summed E-state index contributed by atoms with van der Waals surface area (Å²) in [5.41, 5.74) is 0.545. The van der Waals surface area contributed by atoms with E-state index in [2.05, 4.69) is 5.32 Å². The minimum atomic E-state index is -3.65. The Kier molecular flexibility index (Phi) is 5.67. The molecule has 0 saturated carbocycles. The van der Waals surface area contributed by atoms with Crippen molar-refractivity contribution in [2.75, 3.05) is 27.2 Å². The quantitative estimate of drug-likeness (QED) is 0.731. The highest BCUT2D eigenvalue weighted by Gasteiger charge is 2.22. The standard InChI is InChI=1S/C13H20N2O4S/c1-10-5-6-11(9-12(10)13(16)17)20(18,19)15(3)8-4-7-14-2/h5-6,9,14H,4,7-8H2,1-3H3,(H,16,17). The first-order valence-corrected chi connectivity index (χ1v) is 7.69. The summed E-state index contributed by atoms with van der Waals surface area (Å²) in [6.07, 6.45) is 0.684. The molecule has 0 heterocycles. The van der Waals surface area contributed by atoms with Crippen LogP contribution in [-0.2, 0) is 10.0 Å². The molecule has 0 spiro atoms. The lowest BCUT2D eigenvalue weighted by atomic mass is 10.1. The minimum Gasteiger partial charge on any atom is -0.478 e. The van der Waals surface area contributed by atoms with Crippen molar-refractivity contribution >= 4 is 16.0 Å². The van der Waals surface area contributed by atoms with Gasteiger partial charge in [0.25, 0.3) is 0 Å². The first kappa shape index (κ1) is 16.6. The highest BCUT2D eigenvalue weighted by molar-refractivity contribution is 7.89. The van der Waals surface area contributed by atoms with Gasteiger partial charge in [0.15, 0.2) is 0 Å². The molecule has 0 radical (unpaired) electrons. The minimum absolute atomic E-state index is 0.00691. The molecule has 2 N–H and O–H groups in total. The molecule has 0 atom stereocenters. The highest BCUT2D eigenvalue weighted by atomic mass is 32.2. The maximum Gasteiger partial charge on any atom is 0.335 e. The maximum atomic E-state index is 12.3. The van der Waals surface area contributed by atoms with E-state index in [9.17, 15) is 13.2 Å². The zero-order valence-electron chi connectivity index (χ0n) is 11.9. The second kappa shape index (κ2) is 6.83. The van der Waals surface area contributed by atoms with E-state index < -0.39 is 16.0 Å². The maximum absolute atomic E-state index is 12.3. The van der Waals surface area contributed by atoms with Crippen LogP contribution in [0.3, 0.4) is 0 Å². The van der Waals surface area contributed by atoms with Crippen LogP contribution in [0.4, 0.5) is 0 Å². The Morgan fingerprint density at radius 1 is 1.40 bits per heavy atom. The molecule has 0 aromatic heterocycles. The Morgan fingerprint density at radius 3 is 2.60 bits per heavy atom. The SMILES string of the molecule is CNCCCN(C)S(=O)(=O)c1ccc(C)c(C(=O)O)c1. The van der Waals surface area contributed by atoms with Crippen LogP contribution in [0.1, 0.15) is 22.3 Å². The van der Waals surface area contributed by atoms with Crippen LogP contribution in [0.5, 0.6) is 0 Å².